The van der Waals surface area contributed by atoms with E-state index in [1.165, 1.54) is 49.3 Å². The molecule has 40 heavy (non-hydrogen) atoms. The van der Waals surface area contributed by atoms with Crippen LogP contribution < -0.4 is 10.2 Å². The number of anilines is 1. The van der Waals surface area contributed by atoms with Gasteiger partial charge < -0.3 is 15.0 Å². The summed E-state index contributed by atoms with van der Waals surface area (Å²) in [6.07, 6.45) is -9.73. The molecule has 0 radical (unpaired) electrons. The van der Waals surface area contributed by atoms with Crippen molar-refractivity contribution in [1.29, 1.82) is 0 Å². The summed E-state index contributed by atoms with van der Waals surface area (Å²) in [6, 6.07) is 8.00. The number of fused-ring (bicyclic) bond motifs is 1. The van der Waals surface area contributed by atoms with E-state index in [1.54, 1.807) is 0 Å². The largest absolute Gasteiger partial charge is 0.465 e. The standard InChI is InChI=1S/C26H23F7N4O3/c1-14(16-6-8-17(9-7-16)24(39)40-2)34-22(38)20-21(26(31,32)33)35-37-19(11-27)13-36(23(20)37)12-15-4-3-5-18(10-15)25(28,29)30/h3-10,14,19H,11-13H2,1-2H3,(H,34,38)/t14?,19-/m1/s1. The number of benzene rings is 2. The Kier molecular flexibility index (Phi) is 7.81. The van der Waals surface area contributed by atoms with Crippen LogP contribution in [0.3, 0.4) is 0 Å². The maximum absolute atomic E-state index is 14.0. The molecule has 0 spiro atoms. The van der Waals surface area contributed by atoms with Gasteiger partial charge in [-0.05, 0) is 42.3 Å². The van der Waals surface area contributed by atoms with Crippen molar-refractivity contribution in [3.05, 3.63) is 82.0 Å². The zero-order valence-electron chi connectivity index (χ0n) is 21.1. The van der Waals surface area contributed by atoms with Crippen LogP contribution in [0, 0.1) is 0 Å². The van der Waals surface area contributed by atoms with Gasteiger partial charge in [0.2, 0.25) is 0 Å². The summed E-state index contributed by atoms with van der Waals surface area (Å²) in [5.41, 5.74) is -2.59. The van der Waals surface area contributed by atoms with Gasteiger partial charge in [-0.15, -0.1) is 0 Å². The monoisotopic (exact) mass is 572 g/mol. The van der Waals surface area contributed by atoms with Gasteiger partial charge in [-0.1, -0.05) is 24.3 Å². The summed E-state index contributed by atoms with van der Waals surface area (Å²) in [6.45, 7) is -0.145. The minimum atomic E-state index is -5.09. The van der Waals surface area contributed by atoms with E-state index in [0.717, 1.165) is 22.9 Å². The van der Waals surface area contributed by atoms with E-state index in [9.17, 15) is 40.3 Å². The van der Waals surface area contributed by atoms with Crippen LogP contribution in [0.1, 0.15) is 62.1 Å². The first-order chi connectivity index (χ1) is 18.7. The average Bonchev–Trinajstić information content (AvgIpc) is 3.46. The average molecular weight is 572 g/mol. The van der Waals surface area contributed by atoms with Crippen LogP contribution in [0.15, 0.2) is 48.5 Å². The first-order valence-electron chi connectivity index (χ1n) is 11.9. The Bertz CT molecular complexity index is 1400. The maximum atomic E-state index is 14.0. The number of aromatic nitrogens is 2. The first kappa shape index (κ1) is 28.9. The predicted octanol–water partition coefficient (Wildman–Crippen LogP) is 5.73. The number of alkyl halides is 7. The lowest BCUT2D eigenvalue weighted by molar-refractivity contribution is -0.142. The summed E-state index contributed by atoms with van der Waals surface area (Å²) in [7, 11) is 1.20. The molecule has 3 aromatic rings. The molecule has 14 heteroatoms. The van der Waals surface area contributed by atoms with E-state index in [2.05, 4.69) is 15.2 Å². The summed E-state index contributed by atoms with van der Waals surface area (Å²) in [5, 5.41) is 5.99. The molecule has 0 saturated carbocycles. The van der Waals surface area contributed by atoms with Gasteiger partial charge in [-0.25, -0.2) is 13.9 Å². The highest BCUT2D eigenvalue weighted by molar-refractivity contribution is 6.01. The second kappa shape index (κ2) is 10.8. The lowest BCUT2D eigenvalue weighted by atomic mass is 10.1. The Labute approximate surface area is 223 Å². The molecule has 1 aliphatic heterocycles. The molecule has 1 unspecified atom stereocenters. The number of amides is 1. The molecule has 2 heterocycles. The molecule has 1 N–H and O–H groups in total. The molecule has 0 bridgehead atoms. The van der Waals surface area contributed by atoms with Crippen LogP contribution in [0.25, 0.3) is 0 Å². The Morgan fingerprint density at radius 2 is 1.75 bits per heavy atom. The Morgan fingerprint density at radius 3 is 2.33 bits per heavy atom. The van der Waals surface area contributed by atoms with E-state index >= 15 is 0 Å². The fourth-order valence-corrected chi connectivity index (χ4v) is 4.51. The van der Waals surface area contributed by atoms with Gasteiger partial charge in [0.05, 0.1) is 24.3 Å². The molecule has 0 aliphatic carbocycles. The molecular formula is C26H23F7N4O3. The van der Waals surface area contributed by atoms with Gasteiger partial charge >= 0.3 is 18.3 Å². The number of carbonyl (C=O) groups is 2. The fraction of sp³-hybridized carbons (Fsp3) is 0.346. The fourth-order valence-electron chi connectivity index (χ4n) is 4.51. The van der Waals surface area contributed by atoms with Crippen molar-refractivity contribution in [2.45, 2.75) is 37.9 Å². The number of esters is 1. The molecule has 2 aromatic carbocycles. The van der Waals surface area contributed by atoms with Gasteiger partial charge in [0.25, 0.3) is 5.91 Å². The van der Waals surface area contributed by atoms with Crippen LogP contribution in [-0.4, -0.2) is 42.0 Å². The van der Waals surface area contributed by atoms with Crippen molar-refractivity contribution in [2.24, 2.45) is 0 Å². The minimum absolute atomic E-state index is 0.0982. The third kappa shape index (κ3) is 5.75. The SMILES string of the molecule is COC(=O)c1ccc(C(C)NC(=O)c2c(C(F)(F)F)nn3c2N(Cc2cccc(C(F)(F)F)c2)C[C@H]3CF)cc1. The van der Waals surface area contributed by atoms with Gasteiger partial charge in [0.1, 0.15) is 24.1 Å². The Balaban J connectivity index is 1.69. The molecule has 4 rings (SSSR count). The lowest BCUT2D eigenvalue weighted by Crippen LogP contribution is -2.31. The second-order valence-corrected chi connectivity index (χ2v) is 9.19. The van der Waals surface area contributed by atoms with E-state index in [0.29, 0.717) is 5.56 Å². The van der Waals surface area contributed by atoms with Gasteiger partial charge in [0.15, 0.2) is 5.69 Å². The van der Waals surface area contributed by atoms with Crippen LogP contribution in [-0.2, 0) is 23.6 Å². The molecule has 0 fully saturated rings. The van der Waals surface area contributed by atoms with Crippen molar-refractivity contribution in [1.82, 2.24) is 15.1 Å². The maximum Gasteiger partial charge on any atom is 0.436 e. The number of hydrogen-bond acceptors (Lipinski definition) is 5. The summed E-state index contributed by atoms with van der Waals surface area (Å²) >= 11 is 0. The summed E-state index contributed by atoms with van der Waals surface area (Å²) < 4.78 is 101. The van der Waals surface area contributed by atoms with Crippen LogP contribution in [0.2, 0.25) is 0 Å². The molecule has 2 atom stereocenters. The molecular weight excluding hydrogens is 549 g/mol. The topological polar surface area (TPSA) is 76.5 Å². The quantitative estimate of drug-likeness (QED) is 0.289. The third-order valence-corrected chi connectivity index (χ3v) is 6.44. The Morgan fingerprint density at radius 1 is 1.07 bits per heavy atom. The van der Waals surface area contributed by atoms with Crippen molar-refractivity contribution in [3.8, 4) is 0 Å². The van der Waals surface area contributed by atoms with Crippen molar-refractivity contribution >= 4 is 17.7 Å². The van der Waals surface area contributed by atoms with Crippen molar-refractivity contribution < 1.29 is 45.1 Å². The normalized spacial score (nSPS) is 16.0. The van der Waals surface area contributed by atoms with E-state index in [4.69, 9.17) is 0 Å². The molecule has 1 aromatic heterocycles. The first-order valence-corrected chi connectivity index (χ1v) is 11.9. The molecule has 7 nitrogen and oxygen atoms in total. The molecule has 1 amide bonds. The predicted molar refractivity (Wildman–Crippen MR) is 128 cm³/mol. The van der Waals surface area contributed by atoms with Crippen molar-refractivity contribution in [3.63, 3.8) is 0 Å². The van der Waals surface area contributed by atoms with E-state index < -0.39 is 59.8 Å². The highest BCUT2D eigenvalue weighted by atomic mass is 19.4. The van der Waals surface area contributed by atoms with Gasteiger partial charge in [-0.2, -0.15) is 31.4 Å². The molecule has 214 valence electrons. The van der Waals surface area contributed by atoms with Gasteiger partial charge in [-0.3, -0.25) is 4.79 Å². The Hall–Kier alpha value is -4.10. The number of nitrogens with zero attached hydrogens (tertiary/aromatic N) is 3. The number of rotatable bonds is 7. The highest BCUT2D eigenvalue weighted by Gasteiger charge is 2.46. The zero-order chi connectivity index (χ0) is 29.4. The lowest BCUT2D eigenvalue weighted by Gasteiger charge is -2.22. The number of carbonyl (C=O) groups excluding carboxylic acids is 2. The summed E-state index contributed by atoms with van der Waals surface area (Å²) in [5.74, 6) is -2.11. The highest BCUT2D eigenvalue weighted by Crippen LogP contribution is 2.42. The number of methoxy groups -OCH3 is 1. The van der Waals surface area contributed by atoms with Gasteiger partial charge in [0, 0.05) is 13.1 Å². The third-order valence-electron chi connectivity index (χ3n) is 6.44. The number of ether oxygens (including phenoxy) is 1. The zero-order valence-corrected chi connectivity index (χ0v) is 21.1. The number of halogens is 7. The van der Waals surface area contributed by atoms with Crippen molar-refractivity contribution in [2.75, 3.05) is 25.2 Å². The van der Waals surface area contributed by atoms with Crippen LogP contribution >= 0.6 is 0 Å². The second-order valence-electron chi connectivity index (χ2n) is 9.19. The number of nitrogens with one attached hydrogen (secondary N) is 1. The molecule has 1 aliphatic rings. The minimum Gasteiger partial charge on any atom is -0.465 e. The number of hydrogen-bond donors (Lipinski definition) is 1. The summed E-state index contributed by atoms with van der Waals surface area (Å²) in [4.78, 5) is 26.2. The van der Waals surface area contributed by atoms with E-state index in [1.807, 2.05) is 0 Å². The van der Waals surface area contributed by atoms with Crippen LogP contribution in [0.5, 0.6) is 0 Å². The van der Waals surface area contributed by atoms with Crippen LogP contribution in [0.4, 0.5) is 36.6 Å². The molecule has 0 saturated heterocycles. The van der Waals surface area contributed by atoms with E-state index in [-0.39, 0.29) is 30.0 Å². The smallest absolute Gasteiger partial charge is 0.436 e.